The van der Waals surface area contributed by atoms with Gasteiger partial charge >= 0.3 is 6.09 Å². The van der Waals surface area contributed by atoms with E-state index in [2.05, 4.69) is 4.98 Å². The molecule has 5 heteroatoms. The summed E-state index contributed by atoms with van der Waals surface area (Å²) < 4.78 is 5.35. The molecule has 0 fully saturated rings. The Balaban J connectivity index is 2.10. The van der Waals surface area contributed by atoms with Crippen LogP contribution in [-0.2, 0) is 17.7 Å². The number of fused-ring (bicyclic) bond motifs is 1. The summed E-state index contributed by atoms with van der Waals surface area (Å²) in [4.78, 5) is 28.6. The summed E-state index contributed by atoms with van der Waals surface area (Å²) >= 11 is 0. The predicted molar refractivity (Wildman–Crippen MR) is 70.0 cm³/mol. The van der Waals surface area contributed by atoms with Crippen LogP contribution in [-0.4, -0.2) is 34.4 Å². The lowest BCUT2D eigenvalue weighted by molar-refractivity contribution is 0.0222. The molecule has 1 aromatic heterocycles. The number of ether oxygens (including phenoxy) is 1. The van der Waals surface area contributed by atoms with Gasteiger partial charge in [-0.25, -0.2) is 9.78 Å². The molecule has 1 aliphatic heterocycles. The number of amides is 1. The Labute approximate surface area is 112 Å². The summed E-state index contributed by atoms with van der Waals surface area (Å²) in [6.45, 7) is 6.59. The van der Waals surface area contributed by atoms with Gasteiger partial charge < -0.3 is 9.64 Å². The first kappa shape index (κ1) is 13.5. The normalized spacial score (nSPS) is 14.8. The highest BCUT2D eigenvalue weighted by atomic mass is 16.6. The maximum atomic E-state index is 12.0. The van der Waals surface area contributed by atoms with Gasteiger partial charge in [0.2, 0.25) is 0 Å². The Bertz CT molecular complexity index is 506. The van der Waals surface area contributed by atoms with Crippen LogP contribution in [0, 0.1) is 0 Å². The zero-order chi connectivity index (χ0) is 14.0. The van der Waals surface area contributed by atoms with E-state index in [1.165, 1.54) is 0 Å². The number of hydrogen-bond acceptors (Lipinski definition) is 4. The zero-order valence-corrected chi connectivity index (χ0v) is 11.5. The van der Waals surface area contributed by atoms with Gasteiger partial charge in [0.25, 0.3) is 0 Å². The van der Waals surface area contributed by atoms with Gasteiger partial charge in [0, 0.05) is 18.7 Å². The second-order valence-electron chi connectivity index (χ2n) is 5.61. The van der Waals surface area contributed by atoms with Crippen LogP contribution >= 0.6 is 0 Å². The molecule has 0 bridgehead atoms. The van der Waals surface area contributed by atoms with Crippen LogP contribution < -0.4 is 0 Å². The molecule has 1 aliphatic rings. The summed E-state index contributed by atoms with van der Waals surface area (Å²) in [5.74, 6) is 0. The molecule has 19 heavy (non-hydrogen) atoms. The predicted octanol–water partition coefficient (Wildman–Crippen LogP) is 2.19. The third kappa shape index (κ3) is 3.30. The lowest BCUT2D eigenvalue weighted by Crippen LogP contribution is -2.40. The highest BCUT2D eigenvalue weighted by molar-refractivity contribution is 5.72. The molecule has 1 amide bonds. The van der Waals surface area contributed by atoms with Crippen molar-refractivity contribution in [3.8, 4) is 0 Å². The van der Waals surface area contributed by atoms with Gasteiger partial charge in [0.1, 0.15) is 11.3 Å². The van der Waals surface area contributed by atoms with Crippen LogP contribution in [0.4, 0.5) is 4.79 Å². The lowest BCUT2D eigenvalue weighted by Gasteiger charge is -2.30. The van der Waals surface area contributed by atoms with Gasteiger partial charge in [-0.05, 0) is 32.4 Å². The van der Waals surface area contributed by atoms with Crippen LogP contribution in [0.2, 0.25) is 0 Å². The van der Waals surface area contributed by atoms with Crippen LogP contribution in [0.15, 0.2) is 12.1 Å². The number of pyridine rings is 1. The summed E-state index contributed by atoms with van der Waals surface area (Å²) in [7, 11) is 0. The first-order chi connectivity index (χ1) is 8.89. The van der Waals surface area contributed by atoms with E-state index in [0.29, 0.717) is 25.2 Å². The first-order valence-electron chi connectivity index (χ1n) is 6.31. The van der Waals surface area contributed by atoms with Gasteiger partial charge in [0.15, 0.2) is 6.29 Å². The summed E-state index contributed by atoms with van der Waals surface area (Å²) in [6.07, 6.45) is 1.08. The molecule has 2 heterocycles. The van der Waals surface area contributed by atoms with Crippen molar-refractivity contribution in [3.05, 3.63) is 29.1 Å². The molecule has 0 saturated heterocycles. The van der Waals surface area contributed by atoms with E-state index in [-0.39, 0.29) is 6.09 Å². The van der Waals surface area contributed by atoms with Crippen LogP contribution in [0.1, 0.15) is 42.5 Å². The number of rotatable bonds is 1. The van der Waals surface area contributed by atoms with Crippen molar-refractivity contribution in [3.63, 3.8) is 0 Å². The average molecular weight is 262 g/mol. The van der Waals surface area contributed by atoms with Gasteiger partial charge in [-0.3, -0.25) is 4.79 Å². The molecule has 0 spiro atoms. The van der Waals surface area contributed by atoms with Crippen LogP contribution in [0.5, 0.6) is 0 Å². The van der Waals surface area contributed by atoms with Crippen LogP contribution in [0.3, 0.4) is 0 Å². The summed E-state index contributed by atoms with van der Waals surface area (Å²) in [5.41, 5.74) is 1.81. The largest absolute Gasteiger partial charge is 0.444 e. The Morgan fingerprint density at radius 1 is 1.42 bits per heavy atom. The highest BCUT2D eigenvalue weighted by Crippen LogP contribution is 2.19. The van der Waals surface area contributed by atoms with Crippen molar-refractivity contribution < 1.29 is 14.3 Å². The minimum absolute atomic E-state index is 0.308. The molecular weight excluding hydrogens is 244 g/mol. The van der Waals surface area contributed by atoms with E-state index in [4.69, 9.17) is 4.74 Å². The van der Waals surface area contributed by atoms with E-state index in [1.807, 2.05) is 26.8 Å². The van der Waals surface area contributed by atoms with Crippen molar-refractivity contribution in [1.82, 2.24) is 9.88 Å². The van der Waals surface area contributed by atoms with Gasteiger partial charge in [-0.15, -0.1) is 0 Å². The first-order valence-corrected chi connectivity index (χ1v) is 6.31. The topological polar surface area (TPSA) is 59.5 Å². The smallest absolute Gasteiger partial charge is 0.410 e. The van der Waals surface area contributed by atoms with E-state index in [1.54, 1.807) is 11.0 Å². The maximum absolute atomic E-state index is 12.0. The molecule has 5 nitrogen and oxygen atoms in total. The number of carbonyl (C=O) groups is 2. The van der Waals surface area contributed by atoms with E-state index in [0.717, 1.165) is 17.5 Å². The quantitative estimate of drug-likeness (QED) is 0.728. The van der Waals surface area contributed by atoms with Gasteiger partial charge in [-0.1, -0.05) is 6.07 Å². The molecule has 0 aliphatic carbocycles. The van der Waals surface area contributed by atoms with Crippen molar-refractivity contribution in [2.45, 2.75) is 39.3 Å². The Hall–Kier alpha value is -1.91. The molecule has 0 atom stereocenters. The summed E-state index contributed by atoms with van der Waals surface area (Å²) in [6, 6.07) is 3.52. The van der Waals surface area contributed by atoms with E-state index in [9.17, 15) is 9.59 Å². The highest BCUT2D eigenvalue weighted by Gasteiger charge is 2.26. The molecule has 0 N–H and O–H groups in total. The molecule has 0 saturated carbocycles. The molecule has 1 aromatic rings. The monoisotopic (exact) mass is 262 g/mol. The standard InChI is InChI=1S/C14H18N2O3/c1-14(2,3)19-13(18)16-7-6-12-10(8-16)4-5-11(9-17)15-12/h4-5,9H,6-8H2,1-3H3. The molecule has 0 aromatic carbocycles. The number of hydrogen-bond donors (Lipinski definition) is 0. The fourth-order valence-electron chi connectivity index (χ4n) is 1.98. The van der Waals surface area contributed by atoms with Crippen molar-refractivity contribution >= 4 is 12.4 Å². The number of aldehydes is 1. The number of aromatic nitrogens is 1. The third-order valence-corrected chi connectivity index (χ3v) is 2.84. The fourth-order valence-corrected chi connectivity index (χ4v) is 1.98. The second kappa shape index (κ2) is 4.99. The average Bonchev–Trinajstić information content (AvgIpc) is 2.35. The maximum Gasteiger partial charge on any atom is 0.410 e. The van der Waals surface area contributed by atoms with Gasteiger partial charge in [-0.2, -0.15) is 0 Å². The minimum Gasteiger partial charge on any atom is -0.444 e. The van der Waals surface area contributed by atoms with Gasteiger partial charge in [0.05, 0.1) is 6.54 Å². The lowest BCUT2D eigenvalue weighted by atomic mass is 10.1. The molecule has 0 unspecified atom stereocenters. The Morgan fingerprint density at radius 3 is 2.79 bits per heavy atom. The molecule has 0 radical (unpaired) electrons. The minimum atomic E-state index is -0.489. The Kier molecular flexibility index (Phi) is 3.55. The van der Waals surface area contributed by atoms with Crippen molar-refractivity contribution in [2.24, 2.45) is 0 Å². The zero-order valence-electron chi connectivity index (χ0n) is 11.5. The van der Waals surface area contributed by atoms with Crippen molar-refractivity contribution in [2.75, 3.05) is 6.54 Å². The molecule has 102 valence electrons. The van der Waals surface area contributed by atoms with Crippen LogP contribution in [0.25, 0.3) is 0 Å². The fraction of sp³-hybridized carbons (Fsp3) is 0.500. The number of nitrogens with zero attached hydrogens (tertiary/aromatic N) is 2. The molecular formula is C14H18N2O3. The third-order valence-electron chi connectivity index (χ3n) is 2.84. The van der Waals surface area contributed by atoms with Crippen molar-refractivity contribution in [1.29, 1.82) is 0 Å². The summed E-state index contributed by atoms with van der Waals surface area (Å²) in [5, 5.41) is 0. The Morgan fingerprint density at radius 2 is 2.16 bits per heavy atom. The second-order valence-corrected chi connectivity index (χ2v) is 5.61. The van der Waals surface area contributed by atoms with E-state index < -0.39 is 5.60 Å². The molecule has 2 rings (SSSR count). The number of carbonyl (C=O) groups excluding carboxylic acids is 2. The van der Waals surface area contributed by atoms with E-state index >= 15 is 0 Å². The SMILES string of the molecule is CC(C)(C)OC(=O)N1CCc2nc(C=O)ccc2C1.